The van der Waals surface area contributed by atoms with E-state index in [9.17, 15) is 14.7 Å². The Bertz CT molecular complexity index is 1020. The first-order valence-corrected chi connectivity index (χ1v) is 13.3. The van der Waals surface area contributed by atoms with Gasteiger partial charge in [-0.2, -0.15) is 0 Å². The fraction of sp³-hybridized carbons (Fsp3) is 0.533. The van der Waals surface area contributed by atoms with Crippen molar-refractivity contribution in [1.29, 1.82) is 0 Å². The van der Waals surface area contributed by atoms with E-state index >= 15 is 0 Å². The van der Waals surface area contributed by atoms with Crippen molar-refractivity contribution in [3.63, 3.8) is 0 Å². The Kier molecular flexibility index (Phi) is 13.2. The number of rotatable bonds is 6. The molecule has 0 saturated heterocycles. The molecule has 0 aliphatic carbocycles. The lowest BCUT2D eigenvalue weighted by Crippen LogP contribution is -2.37. The summed E-state index contributed by atoms with van der Waals surface area (Å²) in [5.41, 5.74) is 7.67. The first kappa shape index (κ1) is 32.1. The van der Waals surface area contributed by atoms with E-state index < -0.39 is 30.5 Å². The van der Waals surface area contributed by atoms with Crippen molar-refractivity contribution in [3.05, 3.63) is 60.2 Å². The third-order valence-corrected chi connectivity index (χ3v) is 6.79. The van der Waals surface area contributed by atoms with Crippen LogP contribution in [-0.4, -0.2) is 62.3 Å². The van der Waals surface area contributed by atoms with Crippen LogP contribution in [0.5, 0.6) is 5.75 Å². The van der Waals surface area contributed by atoms with Crippen LogP contribution in [0.4, 0.5) is 10.5 Å². The molecule has 1 aromatic carbocycles. The van der Waals surface area contributed by atoms with Crippen LogP contribution in [-0.2, 0) is 25.4 Å². The average molecular weight is 545 g/mol. The average Bonchev–Trinajstić information content (AvgIpc) is 2.88. The highest BCUT2D eigenvalue weighted by Gasteiger charge is 2.29. The van der Waals surface area contributed by atoms with Crippen LogP contribution in [0.1, 0.15) is 45.6 Å². The SMILES string of the molecule is C=CCOc1cc2cc(c1)NC(=O)/C=C/CC[C@H](OC)[C@@H](OC(N)=O)/C(C)=C/[C@H](C)[C@@H](O)[C@H](OC)C[C@H](C)C2. The van der Waals surface area contributed by atoms with Gasteiger partial charge in [-0.15, -0.1) is 0 Å². The molecule has 2 rings (SSSR count). The summed E-state index contributed by atoms with van der Waals surface area (Å²) in [6.45, 7) is 9.84. The number of fused-ring (bicyclic) bond motifs is 2. The molecule has 9 heteroatoms. The number of allylic oxidation sites excluding steroid dienone is 1. The van der Waals surface area contributed by atoms with E-state index in [0.29, 0.717) is 49.3 Å². The quantitative estimate of drug-likeness (QED) is 0.448. The van der Waals surface area contributed by atoms with Gasteiger partial charge in [0.1, 0.15) is 12.4 Å². The molecule has 0 saturated carbocycles. The maximum absolute atomic E-state index is 12.7. The van der Waals surface area contributed by atoms with Gasteiger partial charge in [0.2, 0.25) is 5.91 Å². The lowest BCUT2D eigenvalue weighted by atomic mass is 9.88. The Balaban J connectivity index is 2.45. The smallest absolute Gasteiger partial charge is 0.405 e. The molecule has 39 heavy (non-hydrogen) atoms. The maximum Gasteiger partial charge on any atom is 0.405 e. The van der Waals surface area contributed by atoms with E-state index in [-0.39, 0.29) is 17.7 Å². The number of aliphatic hydroxyl groups excluding tert-OH is 1. The summed E-state index contributed by atoms with van der Waals surface area (Å²) in [6, 6.07) is 5.65. The maximum atomic E-state index is 12.7. The summed E-state index contributed by atoms with van der Waals surface area (Å²) >= 11 is 0. The number of amides is 2. The number of hydrogen-bond acceptors (Lipinski definition) is 7. The van der Waals surface area contributed by atoms with Gasteiger partial charge in [-0.25, -0.2) is 4.79 Å². The van der Waals surface area contributed by atoms with Gasteiger partial charge >= 0.3 is 6.09 Å². The molecule has 1 aromatic rings. The van der Waals surface area contributed by atoms with Gasteiger partial charge < -0.3 is 35.1 Å². The summed E-state index contributed by atoms with van der Waals surface area (Å²) in [5, 5.41) is 14.1. The summed E-state index contributed by atoms with van der Waals surface area (Å²) in [7, 11) is 3.12. The molecule has 4 N–H and O–H groups in total. The molecule has 1 aliphatic rings. The second kappa shape index (κ2) is 16.1. The topological polar surface area (TPSA) is 129 Å². The van der Waals surface area contributed by atoms with Crippen molar-refractivity contribution < 1.29 is 33.6 Å². The van der Waals surface area contributed by atoms with Gasteiger partial charge in [-0.3, -0.25) is 4.79 Å². The molecule has 216 valence electrons. The van der Waals surface area contributed by atoms with E-state index in [1.165, 1.54) is 13.2 Å². The molecule has 2 bridgehead atoms. The molecule has 1 heterocycles. The third-order valence-electron chi connectivity index (χ3n) is 6.79. The van der Waals surface area contributed by atoms with Crippen LogP contribution in [0.3, 0.4) is 0 Å². The summed E-state index contributed by atoms with van der Waals surface area (Å²) < 4.78 is 22.5. The Morgan fingerprint density at radius 1 is 1.21 bits per heavy atom. The predicted octanol–water partition coefficient (Wildman–Crippen LogP) is 4.55. The van der Waals surface area contributed by atoms with Crippen LogP contribution < -0.4 is 15.8 Å². The van der Waals surface area contributed by atoms with Crippen molar-refractivity contribution in [1.82, 2.24) is 0 Å². The highest BCUT2D eigenvalue weighted by Crippen LogP contribution is 2.27. The van der Waals surface area contributed by atoms with E-state index in [4.69, 9.17) is 24.7 Å². The molecular weight excluding hydrogens is 500 g/mol. The summed E-state index contributed by atoms with van der Waals surface area (Å²) in [4.78, 5) is 24.3. The van der Waals surface area contributed by atoms with Crippen LogP contribution >= 0.6 is 0 Å². The number of nitrogens with one attached hydrogen (secondary N) is 1. The first-order valence-electron chi connectivity index (χ1n) is 13.3. The fourth-order valence-electron chi connectivity index (χ4n) is 4.91. The van der Waals surface area contributed by atoms with Crippen molar-refractivity contribution in [2.45, 2.75) is 70.9 Å². The number of hydrogen-bond donors (Lipinski definition) is 3. The lowest BCUT2D eigenvalue weighted by Gasteiger charge is -2.30. The van der Waals surface area contributed by atoms with Gasteiger partial charge in [0.15, 0.2) is 6.10 Å². The van der Waals surface area contributed by atoms with Crippen molar-refractivity contribution in [2.24, 2.45) is 17.6 Å². The number of carbonyl (C=O) groups excluding carboxylic acids is 2. The number of methoxy groups -OCH3 is 2. The Morgan fingerprint density at radius 2 is 1.92 bits per heavy atom. The Hall–Kier alpha value is -3.14. The van der Waals surface area contributed by atoms with Crippen LogP contribution in [0.2, 0.25) is 0 Å². The number of aliphatic hydroxyl groups is 1. The predicted molar refractivity (Wildman–Crippen MR) is 152 cm³/mol. The summed E-state index contributed by atoms with van der Waals surface area (Å²) in [5.74, 6) is 0.195. The Labute approximate surface area is 232 Å². The number of anilines is 1. The molecule has 6 atom stereocenters. The number of ether oxygens (including phenoxy) is 4. The minimum atomic E-state index is -0.918. The zero-order chi connectivity index (χ0) is 28.9. The van der Waals surface area contributed by atoms with Crippen molar-refractivity contribution in [3.8, 4) is 5.75 Å². The number of benzene rings is 1. The molecule has 1 aliphatic heterocycles. The lowest BCUT2D eigenvalue weighted by molar-refractivity contribution is -0.111. The molecule has 0 aromatic heterocycles. The van der Waals surface area contributed by atoms with E-state index in [1.54, 1.807) is 25.3 Å². The number of primary amides is 1. The van der Waals surface area contributed by atoms with Gasteiger partial charge in [0, 0.05) is 31.9 Å². The second-order valence-corrected chi connectivity index (χ2v) is 10.1. The monoisotopic (exact) mass is 544 g/mol. The molecule has 0 radical (unpaired) electrons. The van der Waals surface area contributed by atoms with E-state index in [0.717, 1.165) is 5.56 Å². The minimum absolute atomic E-state index is 0.144. The largest absolute Gasteiger partial charge is 0.489 e. The zero-order valence-corrected chi connectivity index (χ0v) is 23.7. The van der Waals surface area contributed by atoms with Gasteiger partial charge in [0.05, 0.1) is 18.3 Å². The fourth-order valence-corrected chi connectivity index (χ4v) is 4.91. The van der Waals surface area contributed by atoms with Gasteiger partial charge in [0.25, 0.3) is 0 Å². The van der Waals surface area contributed by atoms with Crippen LogP contribution in [0.25, 0.3) is 0 Å². The highest BCUT2D eigenvalue weighted by molar-refractivity contribution is 5.99. The standard InChI is InChI=1S/C30H44N2O7/c1-7-12-38-24-17-22-13-19(2)14-26(37-6)28(34)20(3)15-21(4)29(39-30(31)35)25(36-5)10-8-9-11-27(33)32-23(16-22)18-24/h7,9,11,15-20,25-26,28-29,34H,1,8,10,12-14H2,2-6H3,(H2,31,35)(H,32,33)/b11-9+,21-15+/t19-,20+,25+,26-,28-,29+/m1/s1. The van der Waals surface area contributed by atoms with Gasteiger partial charge in [-0.05, 0) is 67.9 Å². The van der Waals surface area contributed by atoms with Crippen molar-refractivity contribution in [2.75, 3.05) is 26.1 Å². The number of carbonyl (C=O) groups is 2. The van der Waals surface area contributed by atoms with Crippen molar-refractivity contribution >= 4 is 17.7 Å². The molecule has 0 unspecified atom stereocenters. The minimum Gasteiger partial charge on any atom is -0.489 e. The number of nitrogens with two attached hydrogens (primary N) is 1. The van der Waals surface area contributed by atoms with E-state index in [1.807, 2.05) is 32.1 Å². The normalized spacial score (nSPS) is 29.4. The molecule has 0 spiro atoms. The molecule has 0 fully saturated rings. The van der Waals surface area contributed by atoms with E-state index in [2.05, 4.69) is 18.8 Å². The molecule has 2 amide bonds. The highest BCUT2D eigenvalue weighted by atomic mass is 16.6. The zero-order valence-electron chi connectivity index (χ0n) is 23.7. The van der Waals surface area contributed by atoms with Crippen LogP contribution in [0.15, 0.2) is 54.7 Å². The van der Waals surface area contributed by atoms with Crippen LogP contribution in [0, 0.1) is 11.8 Å². The third kappa shape index (κ3) is 10.5. The van der Waals surface area contributed by atoms with Gasteiger partial charge in [-0.1, -0.05) is 38.7 Å². The molecule has 9 nitrogen and oxygen atoms in total. The summed E-state index contributed by atoms with van der Waals surface area (Å²) in [6.07, 6.45) is 5.57. The Morgan fingerprint density at radius 3 is 2.56 bits per heavy atom. The second-order valence-electron chi connectivity index (χ2n) is 10.1. The molecular formula is C30H44N2O7. The first-order chi connectivity index (χ1) is 18.6.